The summed E-state index contributed by atoms with van der Waals surface area (Å²) in [5.74, 6) is 1.44. The van der Waals surface area contributed by atoms with Crippen molar-refractivity contribution in [3.05, 3.63) is 86.8 Å². The Labute approximate surface area is 199 Å². The van der Waals surface area contributed by atoms with Gasteiger partial charge < -0.3 is 4.42 Å². The molecule has 166 valence electrons. The predicted molar refractivity (Wildman–Crippen MR) is 133 cm³/mol. The SMILES string of the molecule is CCc1sc(-c2nnc(CSc3nc4ccccc4c(=O)n3-c3ccccc3C)o2)cc1C. The molecule has 2 aromatic carbocycles. The van der Waals surface area contributed by atoms with Crippen LogP contribution >= 0.6 is 23.1 Å². The maximum atomic E-state index is 13.4. The number of nitrogens with zero attached hydrogens (tertiary/aromatic N) is 4. The fourth-order valence-electron chi connectivity index (χ4n) is 3.75. The van der Waals surface area contributed by atoms with Crippen molar-refractivity contribution in [2.24, 2.45) is 0 Å². The quantitative estimate of drug-likeness (QED) is 0.223. The summed E-state index contributed by atoms with van der Waals surface area (Å²) in [5.41, 5.74) is 3.63. The van der Waals surface area contributed by atoms with Gasteiger partial charge in [0.2, 0.25) is 5.89 Å². The Morgan fingerprint density at radius 1 is 1.03 bits per heavy atom. The number of thioether (sulfide) groups is 1. The molecule has 0 unspecified atom stereocenters. The van der Waals surface area contributed by atoms with Crippen molar-refractivity contribution in [2.75, 3.05) is 0 Å². The first-order valence-corrected chi connectivity index (χ1v) is 12.5. The van der Waals surface area contributed by atoms with E-state index in [2.05, 4.69) is 30.1 Å². The lowest BCUT2D eigenvalue weighted by molar-refractivity contribution is 0.529. The molecule has 0 aliphatic heterocycles. The van der Waals surface area contributed by atoms with Gasteiger partial charge in [-0.1, -0.05) is 49.0 Å². The number of hydrogen-bond acceptors (Lipinski definition) is 7. The molecule has 5 rings (SSSR count). The third-order valence-corrected chi connectivity index (χ3v) is 7.74. The first-order valence-electron chi connectivity index (χ1n) is 10.7. The van der Waals surface area contributed by atoms with Crippen LogP contribution in [0.4, 0.5) is 0 Å². The molecule has 0 saturated heterocycles. The summed E-state index contributed by atoms with van der Waals surface area (Å²) in [5, 5.41) is 9.65. The molecule has 0 aliphatic carbocycles. The van der Waals surface area contributed by atoms with Crippen LogP contribution in [-0.4, -0.2) is 19.7 Å². The molecule has 0 N–H and O–H groups in total. The van der Waals surface area contributed by atoms with E-state index in [-0.39, 0.29) is 5.56 Å². The van der Waals surface area contributed by atoms with E-state index in [0.717, 1.165) is 22.5 Å². The number of thiophene rings is 1. The normalized spacial score (nSPS) is 11.4. The molecule has 5 aromatic rings. The highest BCUT2D eigenvalue weighted by molar-refractivity contribution is 7.98. The van der Waals surface area contributed by atoms with E-state index in [1.807, 2.05) is 55.5 Å². The lowest BCUT2D eigenvalue weighted by Gasteiger charge is -2.14. The van der Waals surface area contributed by atoms with Gasteiger partial charge >= 0.3 is 0 Å². The van der Waals surface area contributed by atoms with Crippen molar-refractivity contribution >= 4 is 34.0 Å². The zero-order valence-corrected chi connectivity index (χ0v) is 20.2. The van der Waals surface area contributed by atoms with Crippen molar-refractivity contribution in [1.29, 1.82) is 0 Å². The summed E-state index contributed by atoms with van der Waals surface area (Å²) in [7, 11) is 0. The van der Waals surface area contributed by atoms with Gasteiger partial charge in [0.1, 0.15) is 0 Å². The maximum absolute atomic E-state index is 13.4. The third-order valence-electron chi connectivity index (χ3n) is 5.45. The average molecular weight is 475 g/mol. The standard InChI is InChI=1S/C25H22N4O2S2/c1-4-20-16(3)13-21(33-20)23-28-27-22(31-23)14-32-25-26-18-11-7-6-10-17(18)24(30)29(25)19-12-8-5-9-15(19)2/h5-13H,4,14H2,1-3H3. The van der Waals surface area contributed by atoms with Crippen LogP contribution in [0, 0.1) is 13.8 Å². The Hall–Kier alpha value is -3.23. The first-order chi connectivity index (χ1) is 16.0. The maximum Gasteiger partial charge on any atom is 0.266 e. The Morgan fingerprint density at radius 3 is 2.61 bits per heavy atom. The fraction of sp³-hybridized carbons (Fsp3) is 0.200. The van der Waals surface area contributed by atoms with Gasteiger partial charge in [0, 0.05) is 4.88 Å². The zero-order valence-electron chi connectivity index (χ0n) is 18.5. The zero-order chi connectivity index (χ0) is 22.9. The fourth-order valence-corrected chi connectivity index (χ4v) is 5.63. The van der Waals surface area contributed by atoms with E-state index in [1.165, 1.54) is 22.2 Å². The molecule has 0 saturated carbocycles. The molecule has 0 fully saturated rings. The van der Waals surface area contributed by atoms with Gasteiger partial charge in [-0.3, -0.25) is 9.36 Å². The number of rotatable bonds is 6. The molecule has 3 heterocycles. The molecule has 0 spiro atoms. The van der Waals surface area contributed by atoms with Gasteiger partial charge in [0.15, 0.2) is 5.16 Å². The van der Waals surface area contributed by atoms with Gasteiger partial charge in [0.05, 0.1) is 27.2 Å². The van der Waals surface area contributed by atoms with Crippen LogP contribution in [0.5, 0.6) is 0 Å². The molecule has 33 heavy (non-hydrogen) atoms. The molecule has 0 atom stereocenters. The highest BCUT2D eigenvalue weighted by atomic mass is 32.2. The summed E-state index contributed by atoms with van der Waals surface area (Å²) >= 11 is 3.10. The Balaban J connectivity index is 1.50. The van der Waals surface area contributed by atoms with E-state index in [1.54, 1.807) is 15.9 Å². The summed E-state index contributed by atoms with van der Waals surface area (Å²) in [6.07, 6.45) is 0.984. The lowest BCUT2D eigenvalue weighted by Crippen LogP contribution is -2.22. The highest BCUT2D eigenvalue weighted by Crippen LogP contribution is 2.32. The number of hydrogen-bond donors (Lipinski definition) is 0. The predicted octanol–water partition coefficient (Wildman–Crippen LogP) is 5.97. The second-order valence-electron chi connectivity index (χ2n) is 7.70. The number of fused-ring (bicyclic) bond motifs is 1. The molecule has 0 aliphatic rings. The van der Waals surface area contributed by atoms with Crippen LogP contribution < -0.4 is 5.56 Å². The van der Waals surface area contributed by atoms with Crippen molar-refractivity contribution in [3.63, 3.8) is 0 Å². The van der Waals surface area contributed by atoms with Crippen molar-refractivity contribution in [3.8, 4) is 16.5 Å². The molecule has 8 heteroatoms. The minimum atomic E-state index is -0.0928. The average Bonchev–Trinajstić information content (AvgIpc) is 3.45. The molecule has 6 nitrogen and oxygen atoms in total. The molecular formula is C25H22N4O2S2. The van der Waals surface area contributed by atoms with Crippen LogP contribution in [-0.2, 0) is 12.2 Å². The van der Waals surface area contributed by atoms with E-state index >= 15 is 0 Å². The third kappa shape index (κ3) is 4.12. The van der Waals surface area contributed by atoms with Crippen LogP contribution in [0.1, 0.15) is 28.8 Å². The monoisotopic (exact) mass is 474 g/mol. The van der Waals surface area contributed by atoms with Gasteiger partial charge in [-0.05, 0) is 55.7 Å². The molecule has 0 bridgehead atoms. The second-order valence-corrected chi connectivity index (χ2v) is 9.78. The van der Waals surface area contributed by atoms with Crippen LogP contribution in [0.25, 0.3) is 27.4 Å². The van der Waals surface area contributed by atoms with Crippen LogP contribution in [0.2, 0.25) is 0 Å². The van der Waals surface area contributed by atoms with E-state index in [4.69, 9.17) is 9.40 Å². The van der Waals surface area contributed by atoms with E-state index < -0.39 is 0 Å². The largest absolute Gasteiger partial charge is 0.419 e. The number of aryl methyl sites for hydroxylation is 3. The molecular weight excluding hydrogens is 452 g/mol. The first kappa shape index (κ1) is 21.6. The summed E-state index contributed by atoms with van der Waals surface area (Å²) in [6.45, 7) is 6.23. The van der Waals surface area contributed by atoms with E-state index in [9.17, 15) is 4.79 Å². The van der Waals surface area contributed by atoms with Gasteiger partial charge in [-0.15, -0.1) is 21.5 Å². The second kappa shape index (κ2) is 8.96. The van der Waals surface area contributed by atoms with Crippen molar-refractivity contribution in [2.45, 2.75) is 38.1 Å². The van der Waals surface area contributed by atoms with Crippen LogP contribution in [0.15, 0.2) is 69.0 Å². The van der Waals surface area contributed by atoms with Gasteiger partial charge in [-0.2, -0.15) is 0 Å². The minimum absolute atomic E-state index is 0.0928. The Morgan fingerprint density at radius 2 is 1.82 bits per heavy atom. The highest BCUT2D eigenvalue weighted by Gasteiger charge is 2.17. The Kier molecular flexibility index (Phi) is 5.86. The number of para-hydroxylation sites is 2. The lowest BCUT2D eigenvalue weighted by atomic mass is 10.2. The molecule has 3 aromatic heterocycles. The molecule has 0 radical (unpaired) electrons. The summed E-state index contributed by atoms with van der Waals surface area (Å²) < 4.78 is 7.62. The smallest absolute Gasteiger partial charge is 0.266 e. The minimum Gasteiger partial charge on any atom is -0.419 e. The van der Waals surface area contributed by atoms with Crippen LogP contribution in [0.3, 0.4) is 0 Å². The Bertz CT molecular complexity index is 1520. The van der Waals surface area contributed by atoms with E-state index in [0.29, 0.717) is 33.6 Å². The van der Waals surface area contributed by atoms with Crippen molar-refractivity contribution < 1.29 is 4.42 Å². The summed E-state index contributed by atoms with van der Waals surface area (Å²) in [4.78, 5) is 20.5. The topological polar surface area (TPSA) is 73.8 Å². The molecule has 0 amide bonds. The number of benzene rings is 2. The summed E-state index contributed by atoms with van der Waals surface area (Å²) in [6, 6.07) is 17.3. The van der Waals surface area contributed by atoms with Gasteiger partial charge in [-0.25, -0.2) is 4.98 Å². The van der Waals surface area contributed by atoms with Gasteiger partial charge in [0.25, 0.3) is 11.4 Å². The number of aromatic nitrogens is 4. The van der Waals surface area contributed by atoms with Crippen molar-refractivity contribution in [1.82, 2.24) is 19.7 Å².